The predicted molar refractivity (Wildman–Crippen MR) is 125 cm³/mol. The summed E-state index contributed by atoms with van der Waals surface area (Å²) in [6.45, 7) is 6.57. The van der Waals surface area contributed by atoms with E-state index in [4.69, 9.17) is 4.42 Å². The van der Waals surface area contributed by atoms with Gasteiger partial charge in [-0.25, -0.2) is 0 Å². The van der Waals surface area contributed by atoms with Crippen molar-refractivity contribution in [1.82, 2.24) is 9.88 Å². The van der Waals surface area contributed by atoms with Crippen LogP contribution in [0.25, 0.3) is 11.1 Å². The summed E-state index contributed by atoms with van der Waals surface area (Å²) in [7, 11) is 0. The monoisotopic (exact) mass is 433 g/mol. The lowest BCUT2D eigenvalue weighted by molar-refractivity contribution is -0.127. The van der Waals surface area contributed by atoms with Crippen molar-refractivity contribution in [2.24, 2.45) is 5.92 Å². The topological polar surface area (TPSA) is 67.5 Å². The van der Waals surface area contributed by atoms with Gasteiger partial charge in [-0.05, 0) is 49.8 Å². The lowest BCUT2D eigenvalue weighted by atomic mass is 9.84. The van der Waals surface area contributed by atoms with Gasteiger partial charge in [0.15, 0.2) is 5.58 Å². The number of carbonyl (C=O) groups is 2. The van der Waals surface area contributed by atoms with Crippen molar-refractivity contribution in [3.8, 4) is 0 Å². The molecular weight excluding hydrogens is 402 g/mol. The van der Waals surface area contributed by atoms with E-state index < -0.39 is 5.54 Å². The third-order valence-corrected chi connectivity index (χ3v) is 7.42. The second-order valence-electron chi connectivity index (χ2n) is 9.56. The summed E-state index contributed by atoms with van der Waals surface area (Å²) >= 11 is 0. The average Bonchev–Trinajstić information content (AvgIpc) is 3.38. The number of benzene rings is 1. The van der Waals surface area contributed by atoms with Crippen molar-refractivity contribution in [3.05, 3.63) is 53.9 Å². The fourth-order valence-electron chi connectivity index (χ4n) is 5.35. The van der Waals surface area contributed by atoms with E-state index in [1.54, 1.807) is 17.2 Å². The zero-order valence-electron chi connectivity index (χ0n) is 19.1. The molecule has 0 bridgehead atoms. The van der Waals surface area contributed by atoms with Gasteiger partial charge < -0.3 is 14.3 Å². The first-order chi connectivity index (χ1) is 15.4. The number of fused-ring (bicyclic) bond motifs is 3. The lowest BCUT2D eigenvalue weighted by Gasteiger charge is -2.45. The van der Waals surface area contributed by atoms with Crippen LogP contribution in [0, 0.1) is 5.92 Å². The molecule has 6 nitrogen and oxygen atoms in total. The van der Waals surface area contributed by atoms with Crippen LogP contribution in [0.4, 0.5) is 5.69 Å². The Morgan fingerprint density at radius 3 is 2.66 bits per heavy atom. The van der Waals surface area contributed by atoms with Crippen LogP contribution in [-0.4, -0.2) is 28.0 Å². The zero-order valence-corrected chi connectivity index (χ0v) is 19.1. The number of rotatable bonds is 4. The van der Waals surface area contributed by atoms with Crippen LogP contribution in [0.5, 0.6) is 0 Å². The van der Waals surface area contributed by atoms with Crippen LogP contribution < -0.4 is 10.2 Å². The maximum atomic E-state index is 13.9. The van der Waals surface area contributed by atoms with Crippen LogP contribution in [0.1, 0.15) is 62.5 Å². The second kappa shape index (κ2) is 7.84. The molecule has 1 N–H and O–H groups in total. The van der Waals surface area contributed by atoms with E-state index in [-0.39, 0.29) is 17.9 Å². The highest BCUT2D eigenvalue weighted by atomic mass is 16.3. The number of carbonyl (C=O) groups excluding carboxylic acids is 2. The lowest BCUT2D eigenvalue weighted by Crippen LogP contribution is -2.65. The van der Waals surface area contributed by atoms with E-state index in [1.165, 1.54) is 12.0 Å². The highest BCUT2D eigenvalue weighted by Crippen LogP contribution is 2.37. The molecule has 1 aliphatic heterocycles. The minimum Gasteiger partial charge on any atom is -0.463 e. The highest BCUT2D eigenvalue weighted by Gasteiger charge is 2.49. The van der Waals surface area contributed by atoms with Crippen molar-refractivity contribution in [2.75, 3.05) is 4.90 Å². The Labute approximate surface area is 188 Å². The standard InChI is InChI=1S/C26H31N3O3/c1-4-18-9-11-19(12-10-18)29-24(30)22-15-23-21(13-14-32-23)28(22)16-26(29,3)25(31)27-20-8-6-5-7-17(20)2/h9-15,17,20H,4-8,16H2,1-3H3,(H,27,31). The molecule has 32 heavy (non-hydrogen) atoms. The summed E-state index contributed by atoms with van der Waals surface area (Å²) in [6.07, 6.45) is 7.00. The molecule has 3 aromatic rings. The fraction of sp³-hybridized carbons (Fsp3) is 0.462. The van der Waals surface area contributed by atoms with Crippen molar-refractivity contribution < 1.29 is 14.0 Å². The highest BCUT2D eigenvalue weighted by molar-refractivity contribution is 6.13. The van der Waals surface area contributed by atoms with Crippen LogP contribution in [-0.2, 0) is 17.8 Å². The van der Waals surface area contributed by atoms with Gasteiger partial charge in [-0.3, -0.25) is 14.5 Å². The molecule has 3 atom stereocenters. The van der Waals surface area contributed by atoms with E-state index in [1.807, 2.05) is 41.8 Å². The number of aryl methyl sites for hydroxylation is 1. The first kappa shape index (κ1) is 20.9. The van der Waals surface area contributed by atoms with Gasteiger partial charge in [0, 0.05) is 23.9 Å². The van der Waals surface area contributed by atoms with Crippen LogP contribution in [0.3, 0.4) is 0 Å². The Bertz CT molecular complexity index is 1160. The third kappa shape index (κ3) is 3.24. The van der Waals surface area contributed by atoms with Crippen LogP contribution in [0.2, 0.25) is 0 Å². The smallest absolute Gasteiger partial charge is 0.276 e. The number of furan rings is 1. The number of nitrogens with one attached hydrogen (secondary N) is 1. The molecule has 1 saturated carbocycles. The molecule has 0 radical (unpaired) electrons. The SMILES string of the molecule is CCc1ccc(N2C(=O)c3cc4occc4n3CC2(C)C(=O)NC2CCCCC2C)cc1. The number of hydrogen-bond acceptors (Lipinski definition) is 3. The Hall–Kier alpha value is -3.02. The normalized spacial score (nSPS) is 25.7. The molecular formula is C26H31N3O3. The van der Waals surface area contributed by atoms with Crippen molar-refractivity contribution >= 4 is 28.6 Å². The van der Waals surface area contributed by atoms with Gasteiger partial charge in [0.25, 0.3) is 5.91 Å². The van der Waals surface area contributed by atoms with Gasteiger partial charge in [-0.2, -0.15) is 0 Å². The van der Waals surface area contributed by atoms with Crippen molar-refractivity contribution in [1.29, 1.82) is 0 Å². The van der Waals surface area contributed by atoms with Crippen molar-refractivity contribution in [2.45, 2.75) is 71.0 Å². The first-order valence-corrected chi connectivity index (χ1v) is 11.7. The van der Waals surface area contributed by atoms with E-state index in [2.05, 4.69) is 19.2 Å². The zero-order chi connectivity index (χ0) is 22.5. The van der Waals surface area contributed by atoms with Gasteiger partial charge in [0.05, 0.1) is 18.3 Å². The summed E-state index contributed by atoms with van der Waals surface area (Å²) in [6, 6.07) is 11.8. The molecule has 0 spiro atoms. The fourth-order valence-corrected chi connectivity index (χ4v) is 5.35. The summed E-state index contributed by atoms with van der Waals surface area (Å²) in [4.78, 5) is 29.3. The maximum absolute atomic E-state index is 13.9. The summed E-state index contributed by atoms with van der Waals surface area (Å²) in [5, 5.41) is 3.32. The number of hydrogen-bond donors (Lipinski definition) is 1. The molecule has 3 unspecified atom stereocenters. The summed E-state index contributed by atoms with van der Waals surface area (Å²) < 4.78 is 7.49. The molecule has 2 aliphatic rings. The molecule has 5 rings (SSSR count). The predicted octanol–water partition coefficient (Wildman–Crippen LogP) is 4.91. The number of nitrogens with zero attached hydrogens (tertiary/aromatic N) is 2. The third-order valence-electron chi connectivity index (χ3n) is 7.42. The Morgan fingerprint density at radius 1 is 1.19 bits per heavy atom. The molecule has 168 valence electrons. The number of amides is 2. The first-order valence-electron chi connectivity index (χ1n) is 11.7. The molecule has 6 heteroatoms. The molecule has 1 aliphatic carbocycles. The van der Waals surface area contributed by atoms with Crippen LogP contribution in [0.15, 0.2) is 47.1 Å². The van der Waals surface area contributed by atoms with Gasteiger partial charge in [0.2, 0.25) is 5.91 Å². The Kier molecular flexibility index (Phi) is 5.11. The molecule has 0 saturated heterocycles. The molecule has 3 heterocycles. The molecule has 1 aromatic carbocycles. The Balaban J connectivity index is 1.58. The summed E-state index contributed by atoms with van der Waals surface area (Å²) in [5.74, 6) is 0.164. The second-order valence-corrected chi connectivity index (χ2v) is 9.56. The van der Waals surface area contributed by atoms with Crippen molar-refractivity contribution in [3.63, 3.8) is 0 Å². The number of aromatic nitrogens is 1. The van der Waals surface area contributed by atoms with E-state index in [9.17, 15) is 9.59 Å². The van der Waals surface area contributed by atoms with E-state index in [0.717, 1.165) is 36.9 Å². The van der Waals surface area contributed by atoms with E-state index in [0.29, 0.717) is 23.7 Å². The minimum absolute atomic E-state index is 0.0971. The quantitative estimate of drug-likeness (QED) is 0.636. The van der Waals surface area contributed by atoms with Gasteiger partial charge in [-0.1, -0.05) is 38.8 Å². The Morgan fingerprint density at radius 2 is 1.94 bits per heavy atom. The maximum Gasteiger partial charge on any atom is 0.276 e. The van der Waals surface area contributed by atoms with Gasteiger partial charge >= 0.3 is 0 Å². The van der Waals surface area contributed by atoms with Gasteiger partial charge in [-0.15, -0.1) is 0 Å². The van der Waals surface area contributed by atoms with Crippen LogP contribution >= 0.6 is 0 Å². The number of anilines is 1. The molecule has 2 amide bonds. The molecule has 1 fully saturated rings. The van der Waals surface area contributed by atoms with Gasteiger partial charge in [0.1, 0.15) is 11.2 Å². The van der Waals surface area contributed by atoms with E-state index >= 15 is 0 Å². The minimum atomic E-state index is -1.06. The largest absolute Gasteiger partial charge is 0.463 e. The average molecular weight is 434 g/mol. The summed E-state index contributed by atoms with van der Waals surface area (Å²) in [5.41, 5.74) is 2.94. The molecule has 2 aromatic heterocycles.